The third-order valence-corrected chi connectivity index (χ3v) is 3.73. The van der Waals surface area contributed by atoms with Crippen LogP contribution in [0.5, 0.6) is 0 Å². The summed E-state index contributed by atoms with van der Waals surface area (Å²) in [5.41, 5.74) is 1.69. The molecule has 0 bridgehead atoms. The van der Waals surface area contributed by atoms with E-state index in [-0.39, 0.29) is 11.2 Å². The number of nitrogens with two attached hydrogens (primary N) is 1. The molecule has 112 valence electrons. The van der Waals surface area contributed by atoms with Crippen LogP contribution in [-0.4, -0.2) is 18.1 Å². The highest BCUT2D eigenvalue weighted by molar-refractivity contribution is 5.51. The van der Waals surface area contributed by atoms with E-state index in [4.69, 9.17) is 5.84 Å². The van der Waals surface area contributed by atoms with Crippen LogP contribution in [-0.2, 0) is 6.18 Å². The Balaban J connectivity index is 2.28. The molecule has 1 fully saturated rings. The van der Waals surface area contributed by atoms with Gasteiger partial charge in [0.1, 0.15) is 11.6 Å². The Morgan fingerprint density at radius 1 is 1.25 bits per heavy atom. The Kier molecular flexibility index (Phi) is 3.82. The summed E-state index contributed by atoms with van der Waals surface area (Å²) in [6.45, 7) is 5.73. The van der Waals surface area contributed by atoms with Crippen LogP contribution in [0.15, 0.2) is 12.1 Å². The number of piperidine rings is 1. The van der Waals surface area contributed by atoms with Crippen LogP contribution in [0.3, 0.4) is 0 Å². The number of nitrogens with one attached hydrogen (secondary N) is 1. The molecule has 0 unspecified atom stereocenters. The number of hydrogen-bond donors (Lipinski definition) is 2. The van der Waals surface area contributed by atoms with Crippen LogP contribution in [0.4, 0.5) is 24.8 Å². The number of pyridine rings is 1. The zero-order valence-corrected chi connectivity index (χ0v) is 11.6. The number of nitrogens with zero attached hydrogens (tertiary/aromatic N) is 2. The van der Waals surface area contributed by atoms with Gasteiger partial charge in [0, 0.05) is 13.1 Å². The molecule has 0 aromatic carbocycles. The maximum Gasteiger partial charge on any atom is 0.416 e. The molecule has 0 aliphatic carbocycles. The molecule has 3 N–H and O–H groups in total. The molecule has 1 aromatic heterocycles. The second-order valence-electron chi connectivity index (χ2n) is 5.89. The number of hydrazine groups is 1. The summed E-state index contributed by atoms with van der Waals surface area (Å²) in [4.78, 5) is 6.00. The first kappa shape index (κ1) is 14.9. The van der Waals surface area contributed by atoms with Crippen molar-refractivity contribution < 1.29 is 13.2 Å². The van der Waals surface area contributed by atoms with Gasteiger partial charge in [-0.05, 0) is 30.4 Å². The summed E-state index contributed by atoms with van der Waals surface area (Å²) in [6.07, 6.45) is -2.55. The first-order valence-corrected chi connectivity index (χ1v) is 6.52. The zero-order valence-electron chi connectivity index (χ0n) is 11.6. The van der Waals surface area contributed by atoms with Crippen molar-refractivity contribution in [1.29, 1.82) is 0 Å². The zero-order chi connectivity index (χ0) is 15.0. The predicted octanol–water partition coefficient (Wildman–Crippen LogP) is 3.01. The van der Waals surface area contributed by atoms with Crippen LogP contribution in [0.2, 0.25) is 0 Å². The molecule has 0 atom stereocenters. The van der Waals surface area contributed by atoms with Gasteiger partial charge in [0.15, 0.2) is 0 Å². The Bertz CT molecular complexity index is 475. The first-order valence-electron chi connectivity index (χ1n) is 6.52. The lowest BCUT2D eigenvalue weighted by atomic mass is 9.83. The summed E-state index contributed by atoms with van der Waals surface area (Å²) >= 11 is 0. The van der Waals surface area contributed by atoms with E-state index in [0.717, 1.165) is 25.0 Å². The minimum absolute atomic E-state index is 0.0275. The van der Waals surface area contributed by atoms with Gasteiger partial charge in [-0.2, -0.15) is 13.2 Å². The van der Waals surface area contributed by atoms with Gasteiger partial charge >= 0.3 is 6.18 Å². The van der Waals surface area contributed by atoms with Gasteiger partial charge in [-0.3, -0.25) is 0 Å². The normalized spacial score (nSPS) is 19.0. The summed E-state index contributed by atoms with van der Waals surface area (Å²) in [5, 5.41) is 0. The van der Waals surface area contributed by atoms with Crippen molar-refractivity contribution >= 4 is 11.6 Å². The number of halogens is 3. The summed E-state index contributed by atoms with van der Waals surface area (Å²) in [6, 6.07) is 2.00. The number of aromatic nitrogens is 1. The maximum absolute atomic E-state index is 12.9. The Hall–Kier alpha value is -1.50. The number of rotatable bonds is 2. The molecule has 7 heteroatoms. The topological polar surface area (TPSA) is 54.2 Å². The van der Waals surface area contributed by atoms with Crippen molar-refractivity contribution in [2.45, 2.75) is 32.9 Å². The van der Waals surface area contributed by atoms with Gasteiger partial charge in [-0.1, -0.05) is 13.8 Å². The van der Waals surface area contributed by atoms with Crippen molar-refractivity contribution in [1.82, 2.24) is 4.98 Å². The van der Waals surface area contributed by atoms with Gasteiger partial charge in [0.2, 0.25) is 0 Å². The molecule has 2 rings (SSSR count). The van der Waals surface area contributed by atoms with Gasteiger partial charge < -0.3 is 10.3 Å². The van der Waals surface area contributed by atoms with Gasteiger partial charge in [0.05, 0.1) is 5.56 Å². The molecule has 0 saturated carbocycles. The van der Waals surface area contributed by atoms with E-state index in [1.165, 1.54) is 0 Å². The number of hydrogen-bond acceptors (Lipinski definition) is 4. The Morgan fingerprint density at radius 3 is 2.35 bits per heavy atom. The molecule has 4 nitrogen and oxygen atoms in total. The summed E-state index contributed by atoms with van der Waals surface area (Å²) < 4.78 is 38.6. The van der Waals surface area contributed by atoms with Crippen LogP contribution in [0.25, 0.3) is 0 Å². The van der Waals surface area contributed by atoms with Crippen molar-refractivity contribution in [3.05, 3.63) is 17.7 Å². The van der Waals surface area contributed by atoms with Gasteiger partial charge in [0.25, 0.3) is 0 Å². The van der Waals surface area contributed by atoms with Crippen molar-refractivity contribution in [3.63, 3.8) is 0 Å². The molecule has 1 aromatic rings. The van der Waals surface area contributed by atoms with E-state index < -0.39 is 11.7 Å². The fourth-order valence-electron chi connectivity index (χ4n) is 2.26. The third kappa shape index (κ3) is 3.33. The molecule has 1 aliphatic heterocycles. The average molecular weight is 288 g/mol. The monoisotopic (exact) mass is 288 g/mol. The minimum atomic E-state index is -4.40. The highest BCUT2D eigenvalue weighted by Gasteiger charge is 2.33. The van der Waals surface area contributed by atoms with E-state index >= 15 is 0 Å². The van der Waals surface area contributed by atoms with E-state index in [1.807, 2.05) is 4.90 Å². The second kappa shape index (κ2) is 5.12. The lowest BCUT2D eigenvalue weighted by Crippen LogP contribution is -2.38. The molecule has 0 amide bonds. The molecule has 1 saturated heterocycles. The van der Waals surface area contributed by atoms with Crippen LogP contribution in [0, 0.1) is 5.41 Å². The lowest BCUT2D eigenvalue weighted by molar-refractivity contribution is -0.137. The maximum atomic E-state index is 12.9. The standard InChI is InChI=1S/C13H19F3N4/c1-12(2)3-5-20(6-4-12)11-8-9(13(14,15)16)7-10(18-11)19-17/h7-8H,3-6,17H2,1-2H3,(H,18,19). The fraction of sp³-hybridized carbons (Fsp3) is 0.615. The van der Waals surface area contributed by atoms with Gasteiger partial charge in [-0.25, -0.2) is 10.8 Å². The number of nitrogen functional groups attached to an aromatic ring is 1. The van der Waals surface area contributed by atoms with Crippen LogP contribution < -0.4 is 16.2 Å². The second-order valence-corrected chi connectivity index (χ2v) is 5.89. The van der Waals surface area contributed by atoms with Gasteiger partial charge in [-0.15, -0.1) is 0 Å². The SMILES string of the molecule is CC1(C)CCN(c2cc(C(F)(F)F)cc(NN)n2)CC1. The third-order valence-electron chi connectivity index (χ3n) is 3.73. The van der Waals surface area contributed by atoms with E-state index in [1.54, 1.807) is 0 Å². The predicted molar refractivity (Wildman–Crippen MR) is 72.3 cm³/mol. The van der Waals surface area contributed by atoms with E-state index in [2.05, 4.69) is 24.3 Å². The first-order chi connectivity index (χ1) is 9.21. The molecule has 1 aliphatic rings. The molecule has 0 spiro atoms. The largest absolute Gasteiger partial charge is 0.416 e. The minimum Gasteiger partial charge on any atom is -0.356 e. The Labute approximate surface area is 116 Å². The lowest BCUT2D eigenvalue weighted by Gasteiger charge is -2.37. The Morgan fingerprint density at radius 2 is 1.85 bits per heavy atom. The highest BCUT2D eigenvalue weighted by Crippen LogP contribution is 2.35. The van der Waals surface area contributed by atoms with E-state index in [0.29, 0.717) is 18.9 Å². The van der Waals surface area contributed by atoms with Crippen LogP contribution in [0.1, 0.15) is 32.3 Å². The number of anilines is 2. The fourth-order valence-corrected chi connectivity index (χ4v) is 2.26. The summed E-state index contributed by atoms with van der Waals surface area (Å²) in [5.74, 6) is 5.56. The smallest absolute Gasteiger partial charge is 0.356 e. The van der Waals surface area contributed by atoms with Crippen LogP contribution >= 0.6 is 0 Å². The molecule has 2 heterocycles. The average Bonchev–Trinajstić information content (AvgIpc) is 2.37. The van der Waals surface area contributed by atoms with E-state index in [9.17, 15) is 13.2 Å². The van der Waals surface area contributed by atoms with Crippen molar-refractivity contribution in [2.24, 2.45) is 11.3 Å². The molecule has 0 radical (unpaired) electrons. The highest BCUT2D eigenvalue weighted by atomic mass is 19.4. The molecular weight excluding hydrogens is 269 g/mol. The molecule has 20 heavy (non-hydrogen) atoms. The van der Waals surface area contributed by atoms with Crippen molar-refractivity contribution in [2.75, 3.05) is 23.4 Å². The quantitative estimate of drug-likeness (QED) is 0.649. The summed E-state index contributed by atoms with van der Waals surface area (Å²) in [7, 11) is 0. The number of alkyl halides is 3. The molecular formula is C13H19F3N4. The van der Waals surface area contributed by atoms with Crippen molar-refractivity contribution in [3.8, 4) is 0 Å².